The van der Waals surface area contributed by atoms with Gasteiger partial charge in [-0.15, -0.1) is 0 Å². The fourth-order valence-electron chi connectivity index (χ4n) is 11.0. The zero-order valence-electron chi connectivity index (χ0n) is 39.0. The molecule has 0 atom stereocenters. The molecule has 0 heterocycles. The van der Waals surface area contributed by atoms with Gasteiger partial charge in [0.25, 0.3) is 0 Å². The molecule has 2 nitrogen and oxygen atoms in total. The maximum Gasteiger partial charge on any atom is 0.0540 e. The SMILES string of the molecule is CC1(C)c2cc(/C=C/c3ccc4c(c3)C(C)(C)c3cc(N(c5ccc(-c6ccccc6)cc5)c5cccc6ccccc56)ccc3-4)ccc2-c2ccc(N(c3ccccc3)c3ccccc3)cc21. The van der Waals surface area contributed by atoms with Crippen LogP contribution in [0, 0.1) is 0 Å². The Morgan fingerprint density at radius 1 is 0.309 bits per heavy atom. The van der Waals surface area contributed by atoms with Gasteiger partial charge in [0.2, 0.25) is 0 Å². The Bertz CT molecular complexity index is 3500. The van der Waals surface area contributed by atoms with Crippen molar-refractivity contribution in [1.82, 2.24) is 0 Å². The summed E-state index contributed by atoms with van der Waals surface area (Å²) in [6, 6.07) is 84.5. The molecule has 0 bridgehead atoms. The molecule has 0 saturated heterocycles. The second-order valence-electron chi connectivity index (χ2n) is 19.4. The zero-order valence-corrected chi connectivity index (χ0v) is 39.0. The summed E-state index contributed by atoms with van der Waals surface area (Å²) in [6.07, 6.45) is 4.58. The third-order valence-corrected chi connectivity index (χ3v) is 14.6. The fourth-order valence-corrected chi connectivity index (χ4v) is 11.0. The van der Waals surface area contributed by atoms with Crippen LogP contribution in [0.25, 0.3) is 56.3 Å². The molecule has 0 radical (unpaired) electrons. The highest BCUT2D eigenvalue weighted by atomic mass is 15.1. The number of hydrogen-bond donors (Lipinski definition) is 0. The first-order valence-corrected chi connectivity index (χ1v) is 23.8. The number of rotatable bonds is 9. The molecule has 0 fully saturated rings. The van der Waals surface area contributed by atoms with Crippen molar-refractivity contribution in [1.29, 1.82) is 0 Å². The first kappa shape index (κ1) is 41.2. The average Bonchev–Trinajstić information content (AvgIpc) is 3.75. The minimum Gasteiger partial charge on any atom is -0.310 e. The van der Waals surface area contributed by atoms with Gasteiger partial charge in [-0.3, -0.25) is 0 Å². The van der Waals surface area contributed by atoms with Gasteiger partial charge in [-0.1, -0.05) is 204 Å². The van der Waals surface area contributed by atoms with Crippen LogP contribution in [0.3, 0.4) is 0 Å². The van der Waals surface area contributed by atoms with E-state index >= 15 is 0 Å². The summed E-state index contributed by atoms with van der Waals surface area (Å²) < 4.78 is 0. The van der Waals surface area contributed by atoms with E-state index in [1.54, 1.807) is 0 Å². The monoisotopic (exact) mass is 872 g/mol. The molecule has 0 N–H and O–H groups in total. The van der Waals surface area contributed by atoms with Crippen molar-refractivity contribution < 1.29 is 0 Å². The van der Waals surface area contributed by atoms with E-state index in [2.05, 4.69) is 280 Å². The molecule has 0 aliphatic heterocycles. The normalized spacial score (nSPS) is 13.8. The molecule has 10 aromatic carbocycles. The molecule has 0 saturated carbocycles. The molecule has 68 heavy (non-hydrogen) atoms. The predicted molar refractivity (Wildman–Crippen MR) is 289 cm³/mol. The van der Waals surface area contributed by atoms with E-state index in [9.17, 15) is 0 Å². The smallest absolute Gasteiger partial charge is 0.0540 e. The summed E-state index contributed by atoms with van der Waals surface area (Å²) in [5, 5.41) is 2.45. The number of hydrogen-bond acceptors (Lipinski definition) is 2. The lowest BCUT2D eigenvalue weighted by atomic mass is 9.81. The van der Waals surface area contributed by atoms with Gasteiger partial charge in [0.1, 0.15) is 0 Å². The van der Waals surface area contributed by atoms with Crippen LogP contribution in [0.15, 0.2) is 231 Å². The van der Waals surface area contributed by atoms with Gasteiger partial charge in [-0.25, -0.2) is 0 Å². The van der Waals surface area contributed by atoms with Gasteiger partial charge < -0.3 is 9.80 Å². The highest BCUT2D eigenvalue weighted by molar-refractivity contribution is 6.00. The van der Waals surface area contributed by atoms with Gasteiger partial charge in [-0.05, 0) is 139 Å². The number of nitrogens with zero attached hydrogens (tertiary/aromatic N) is 2. The third kappa shape index (κ3) is 6.95. The molecule has 0 unspecified atom stereocenters. The van der Waals surface area contributed by atoms with Gasteiger partial charge >= 0.3 is 0 Å². The van der Waals surface area contributed by atoms with Crippen molar-refractivity contribution in [2.45, 2.75) is 38.5 Å². The van der Waals surface area contributed by atoms with Crippen molar-refractivity contribution in [2.75, 3.05) is 9.80 Å². The third-order valence-electron chi connectivity index (χ3n) is 14.6. The van der Waals surface area contributed by atoms with E-state index in [1.165, 1.54) is 77.5 Å². The maximum absolute atomic E-state index is 2.44. The highest BCUT2D eigenvalue weighted by Crippen LogP contribution is 2.53. The Morgan fingerprint density at radius 2 is 0.706 bits per heavy atom. The van der Waals surface area contributed by atoms with Crippen LogP contribution >= 0.6 is 0 Å². The summed E-state index contributed by atoms with van der Waals surface area (Å²) in [7, 11) is 0. The van der Waals surface area contributed by atoms with Crippen LogP contribution in [-0.4, -0.2) is 0 Å². The predicted octanol–water partition coefficient (Wildman–Crippen LogP) is 18.2. The Kier molecular flexibility index (Phi) is 9.88. The van der Waals surface area contributed by atoms with Gasteiger partial charge in [-0.2, -0.15) is 0 Å². The van der Waals surface area contributed by atoms with Crippen molar-refractivity contribution in [3.05, 3.63) is 264 Å². The molecule has 2 heteroatoms. The lowest BCUT2D eigenvalue weighted by Gasteiger charge is -2.29. The summed E-state index contributed by atoms with van der Waals surface area (Å²) in [5.74, 6) is 0. The van der Waals surface area contributed by atoms with Gasteiger partial charge in [0.05, 0.1) is 5.69 Å². The van der Waals surface area contributed by atoms with E-state index in [1.807, 2.05) is 0 Å². The lowest BCUT2D eigenvalue weighted by Crippen LogP contribution is -2.17. The maximum atomic E-state index is 2.44. The molecule has 2 aliphatic carbocycles. The molecular formula is C66H52N2. The van der Waals surface area contributed by atoms with Crippen LogP contribution in [0.5, 0.6) is 0 Å². The van der Waals surface area contributed by atoms with Crippen molar-refractivity contribution in [3.63, 3.8) is 0 Å². The minimum atomic E-state index is -0.203. The van der Waals surface area contributed by atoms with E-state index in [-0.39, 0.29) is 10.8 Å². The van der Waals surface area contributed by atoms with E-state index in [0.29, 0.717) is 0 Å². The van der Waals surface area contributed by atoms with Crippen LogP contribution in [0.4, 0.5) is 34.1 Å². The molecule has 0 amide bonds. The summed E-state index contributed by atoms with van der Waals surface area (Å²) in [5.41, 5.74) is 22.0. The van der Waals surface area contributed by atoms with Crippen LogP contribution < -0.4 is 9.80 Å². The molecule has 2 aliphatic rings. The Morgan fingerprint density at radius 3 is 1.25 bits per heavy atom. The number of para-hydroxylation sites is 2. The topological polar surface area (TPSA) is 6.48 Å². The second kappa shape index (κ2) is 16.3. The van der Waals surface area contributed by atoms with Crippen molar-refractivity contribution >= 4 is 57.0 Å². The number of benzene rings is 10. The van der Waals surface area contributed by atoms with Crippen LogP contribution in [0.2, 0.25) is 0 Å². The largest absolute Gasteiger partial charge is 0.310 e. The molecule has 326 valence electrons. The highest BCUT2D eigenvalue weighted by Gasteiger charge is 2.38. The molecule has 12 rings (SSSR count). The fraction of sp³-hybridized carbons (Fsp3) is 0.0909. The first-order valence-electron chi connectivity index (χ1n) is 23.8. The molecular weight excluding hydrogens is 821 g/mol. The number of fused-ring (bicyclic) bond motifs is 7. The van der Waals surface area contributed by atoms with Gasteiger partial charge in [0.15, 0.2) is 0 Å². The van der Waals surface area contributed by atoms with Crippen LogP contribution in [0.1, 0.15) is 61.1 Å². The minimum absolute atomic E-state index is 0.166. The average molecular weight is 873 g/mol. The van der Waals surface area contributed by atoms with Crippen molar-refractivity contribution in [3.8, 4) is 33.4 Å². The lowest BCUT2D eigenvalue weighted by molar-refractivity contribution is 0.660. The summed E-state index contributed by atoms with van der Waals surface area (Å²) in [4.78, 5) is 4.79. The molecule has 10 aromatic rings. The summed E-state index contributed by atoms with van der Waals surface area (Å²) in [6.45, 7) is 9.52. The van der Waals surface area contributed by atoms with Crippen molar-refractivity contribution in [2.24, 2.45) is 0 Å². The summed E-state index contributed by atoms with van der Waals surface area (Å²) >= 11 is 0. The second-order valence-corrected chi connectivity index (χ2v) is 19.4. The van der Waals surface area contributed by atoms with E-state index in [0.717, 1.165) is 34.1 Å². The van der Waals surface area contributed by atoms with Gasteiger partial charge in [0, 0.05) is 44.7 Å². The Hall–Kier alpha value is -8.20. The number of anilines is 6. The Balaban J connectivity index is 0.850. The Labute approximate surface area is 400 Å². The standard InChI is InChI=1S/C66H52N2/c1-65(2)60-41-45(29-37-56(60)58-39-35-53(43-62(58)65)67(50-21-10-6-11-22-50)51-23-12-7-13-24-51)27-28-46-30-38-57-59-40-36-54(44-63(59)66(3,4)61(57)42-46)68(64-26-16-20-49-19-14-15-25-55(49)64)52-33-31-48(32-34-52)47-17-8-5-9-18-47/h5-44H,1-4H3/b28-27+. The van der Waals surface area contributed by atoms with E-state index < -0.39 is 0 Å². The molecule has 0 spiro atoms. The quantitative estimate of drug-likeness (QED) is 0.133. The first-order chi connectivity index (χ1) is 33.2. The van der Waals surface area contributed by atoms with E-state index in [4.69, 9.17) is 0 Å². The van der Waals surface area contributed by atoms with Crippen LogP contribution in [-0.2, 0) is 10.8 Å². The zero-order chi connectivity index (χ0) is 46.0. The molecule has 0 aromatic heterocycles.